The van der Waals surface area contributed by atoms with Crippen molar-refractivity contribution in [1.82, 2.24) is 0 Å². The van der Waals surface area contributed by atoms with Crippen LogP contribution in [0.15, 0.2) is 134 Å². The molecule has 9 heteroatoms. The van der Waals surface area contributed by atoms with Gasteiger partial charge in [-0.2, -0.15) is 0 Å². The first-order chi connectivity index (χ1) is 40.1. The Labute approximate surface area is 503 Å². The lowest BCUT2D eigenvalue weighted by molar-refractivity contribution is -0.870. The van der Waals surface area contributed by atoms with E-state index in [1.165, 1.54) is 96.3 Å². The second-order valence-electron chi connectivity index (χ2n) is 22.7. The van der Waals surface area contributed by atoms with Crippen LogP contribution in [0.3, 0.4) is 0 Å². The molecule has 0 fully saturated rings. The first-order valence-corrected chi connectivity index (χ1v) is 32.8. The maximum atomic E-state index is 12.9. The van der Waals surface area contributed by atoms with Gasteiger partial charge in [-0.3, -0.25) is 9.59 Å². The van der Waals surface area contributed by atoms with Crippen molar-refractivity contribution in [3.63, 3.8) is 0 Å². The highest BCUT2D eigenvalue weighted by Crippen LogP contribution is 2.16. The molecule has 0 saturated heterocycles. The summed E-state index contributed by atoms with van der Waals surface area (Å²) in [5.41, 5.74) is 0. The second kappa shape index (κ2) is 62.5. The summed E-state index contributed by atoms with van der Waals surface area (Å²) in [6, 6.07) is 0. The number of hydrogen-bond donors (Lipinski definition) is 1. The molecule has 2 unspecified atom stereocenters. The Kier molecular flexibility index (Phi) is 59.0. The average molecular weight is 1140 g/mol. The van der Waals surface area contributed by atoms with Gasteiger partial charge in [0.1, 0.15) is 13.2 Å². The van der Waals surface area contributed by atoms with Crippen LogP contribution in [0.2, 0.25) is 0 Å². The molecule has 0 rings (SSSR count). The Bertz CT molecular complexity index is 1810. The first-order valence-electron chi connectivity index (χ1n) is 32.8. The second-order valence-corrected chi connectivity index (χ2v) is 22.7. The molecule has 0 aliphatic carbocycles. The van der Waals surface area contributed by atoms with Gasteiger partial charge in [-0.1, -0.05) is 257 Å². The van der Waals surface area contributed by atoms with Crippen LogP contribution in [0, 0.1) is 0 Å². The lowest BCUT2D eigenvalue weighted by Gasteiger charge is -2.25. The summed E-state index contributed by atoms with van der Waals surface area (Å²) in [5.74, 6) is -2.03. The monoisotopic (exact) mass is 1140 g/mol. The van der Waals surface area contributed by atoms with Crippen molar-refractivity contribution in [2.75, 3.05) is 47.5 Å². The zero-order valence-corrected chi connectivity index (χ0v) is 53.1. The number of aliphatic carboxylic acids is 1. The molecular weight excluding hydrogens is 1020 g/mol. The van der Waals surface area contributed by atoms with E-state index >= 15 is 0 Å². The Balaban J connectivity index is 4.11. The van der Waals surface area contributed by atoms with E-state index in [9.17, 15) is 19.5 Å². The summed E-state index contributed by atoms with van der Waals surface area (Å²) in [5, 5.41) is 9.71. The number of carboxylic acid groups (broad SMARTS) is 1. The van der Waals surface area contributed by atoms with Crippen LogP contribution in [0.4, 0.5) is 0 Å². The number of allylic oxidation sites excluding steroid dienone is 22. The lowest BCUT2D eigenvalue weighted by atomic mass is 10.0. The van der Waals surface area contributed by atoms with Gasteiger partial charge in [0.15, 0.2) is 6.10 Å². The number of carboxylic acids is 1. The smallest absolute Gasteiger partial charge is 0.361 e. The fraction of sp³-hybridized carbons (Fsp3) is 0.658. The molecule has 0 heterocycles. The fourth-order valence-corrected chi connectivity index (χ4v) is 8.62. The number of rotatable bonds is 59. The van der Waals surface area contributed by atoms with Gasteiger partial charge in [-0.05, 0) is 116 Å². The third-order valence-corrected chi connectivity index (χ3v) is 13.6. The van der Waals surface area contributed by atoms with Gasteiger partial charge in [0.05, 0.1) is 34.4 Å². The molecular formula is C73H122NO8+. The molecule has 0 aliphatic rings. The number of esters is 2. The van der Waals surface area contributed by atoms with Crippen molar-refractivity contribution in [3.8, 4) is 0 Å². The number of hydrogen-bond acceptors (Lipinski definition) is 7. The Morgan fingerprint density at radius 3 is 1.04 bits per heavy atom. The minimum atomic E-state index is -1.52. The molecule has 2 atom stereocenters. The van der Waals surface area contributed by atoms with Crippen LogP contribution in [0.5, 0.6) is 0 Å². The minimum absolute atomic E-state index is 0.180. The minimum Gasteiger partial charge on any atom is -0.477 e. The van der Waals surface area contributed by atoms with E-state index in [4.69, 9.17) is 18.9 Å². The molecule has 82 heavy (non-hydrogen) atoms. The Hall–Kier alpha value is -4.57. The van der Waals surface area contributed by atoms with Gasteiger partial charge < -0.3 is 28.5 Å². The molecule has 0 aliphatic heterocycles. The maximum absolute atomic E-state index is 12.9. The molecule has 0 spiro atoms. The summed E-state index contributed by atoms with van der Waals surface area (Å²) in [6.45, 7) is 4.72. The molecule has 0 bridgehead atoms. The molecule has 0 radical (unpaired) electrons. The van der Waals surface area contributed by atoms with Crippen LogP contribution in [-0.2, 0) is 33.3 Å². The molecule has 0 aromatic rings. The van der Waals surface area contributed by atoms with Crippen molar-refractivity contribution < 1.29 is 42.9 Å². The molecule has 0 amide bonds. The van der Waals surface area contributed by atoms with Crippen molar-refractivity contribution in [1.29, 1.82) is 0 Å². The van der Waals surface area contributed by atoms with Crippen molar-refractivity contribution in [2.45, 2.75) is 264 Å². The van der Waals surface area contributed by atoms with Crippen LogP contribution in [-0.4, -0.2) is 87.4 Å². The van der Waals surface area contributed by atoms with E-state index in [2.05, 4.69) is 148 Å². The first kappa shape index (κ1) is 77.4. The number of nitrogens with zero attached hydrogens (tertiary/aromatic N) is 1. The number of carbonyl (C=O) groups is 3. The lowest BCUT2D eigenvalue weighted by Crippen LogP contribution is -2.40. The quantitative estimate of drug-likeness (QED) is 0.0211. The van der Waals surface area contributed by atoms with E-state index in [1.54, 1.807) is 0 Å². The Morgan fingerprint density at radius 1 is 0.378 bits per heavy atom. The van der Waals surface area contributed by atoms with Gasteiger partial charge in [0.2, 0.25) is 0 Å². The normalized spacial score (nSPS) is 13.6. The molecule has 0 aromatic heterocycles. The number of unbranched alkanes of at least 4 members (excludes halogenated alkanes) is 22. The van der Waals surface area contributed by atoms with E-state index in [1.807, 2.05) is 21.1 Å². The molecule has 0 saturated carbocycles. The summed E-state index contributed by atoms with van der Waals surface area (Å²) >= 11 is 0. The zero-order chi connectivity index (χ0) is 59.8. The zero-order valence-electron chi connectivity index (χ0n) is 53.1. The molecule has 1 N–H and O–H groups in total. The third-order valence-electron chi connectivity index (χ3n) is 13.6. The number of quaternary nitrogens is 1. The SMILES string of the molecule is CC/C=C\C/C=C\C/C=C\C/C=C\C/C=C\C/C=C\C/C=C\C/C=C\C/C=C\CCCCCCCCCCCCCCCC(=O)OC(COC(=O)CCCCCCC/C=C\C/C=C\CCCCCC)COC(OCC[N+](C)(C)C)C(=O)O. The number of likely N-dealkylation sites (N-methyl/N-ethyl adjacent to an activating group) is 1. The highest BCUT2D eigenvalue weighted by molar-refractivity contribution is 5.71. The van der Waals surface area contributed by atoms with Crippen molar-refractivity contribution in [3.05, 3.63) is 134 Å². The standard InChI is InChI=1S/C73H121NO8/c1-6-8-10-12-14-16-18-20-22-24-25-26-27-28-29-30-31-32-33-34-35-36-37-38-39-40-41-42-43-44-45-46-47-48-50-52-54-56-58-60-62-64-71(76)82-69(68-81-73(72(77)78)79-66-65-74(3,4)5)67-80-70(75)63-61-59-57-55-53-51-49-23-21-19-17-15-13-11-9-7-2/h8,10,14,16-17,19-20,22-23,25-26,28-29,31-32,34-35,37-38,40-41,49,69,73H,6-7,9,11-13,15,18,21,24,27,30,33,36,39,42-48,50-68H2,1-5H3/p+1/b10-8-,16-14-,19-17-,22-20-,26-25-,29-28-,32-31-,35-34-,38-37-,41-40-,49-23-. The van der Waals surface area contributed by atoms with Crippen LogP contribution >= 0.6 is 0 Å². The average Bonchev–Trinajstić information content (AvgIpc) is 3.45. The van der Waals surface area contributed by atoms with Crippen molar-refractivity contribution >= 4 is 17.9 Å². The maximum Gasteiger partial charge on any atom is 0.361 e. The van der Waals surface area contributed by atoms with E-state index in [-0.39, 0.29) is 38.6 Å². The van der Waals surface area contributed by atoms with Gasteiger partial charge in [0, 0.05) is 12.8 Å². The molecule has 0 aromatic carbocycles. The third kappa shape index (κ3) is 63.0. The predicted octanol–water partition coefficient (Wildman–Crippen LogP) is 20.2. The van der Waals surface area contributed by atoms with Crippen LogP contribution < -0.4 is 0 Å². The number of ether oxygens (including phenoxy) is 4. The van der Waals surface area contributed by atoms with Crippen LogP contribution in [0.1, 0.15) is 251 Å². The van der Waals surface area contributed by atoms with Gasteiger partial charge in [-0.25, -0.2) is 4.79 Å². The predicted molar refractivity (Wildman–Crippen MR) is 350 cm³/mol. The highest BCUT2D eigenvalue weighted by Gasteiger charge is 2.25. The Morgan fingerprint density at radius 2 is 0.695 bits per heavy atom. The fourth-order valence-electron chi connectivity index (χ4n) is 8.62. The molecule has 466 valence electrons. The number of carbonyl (C=O) groups excluding carboxylic acids is 2. The summed E-state index contributed by atoms with van der Waals surface area (Å²) in [4.78, 5) is 37.5. The summed E-state index contributed by atoms with van der Waals surface area (Å²) in [7, 11) is 5.96. The van der Waals surface area contributed by atoms with Crippen molar-refractivity contribution in [2.24, 2.45) is 0 Å². The van der Waals surface area contributed by atoms with E-state index in [0.717, 1.165) is 122 Å². The van der Waals surface area contributed by atoms with E-state index in [0.29, 0.717) is 17.4 Å². The van der Waals surface area contributed by atoms with E-state index < -0.39 is 24.3 Å². The topological polar surface area (TPSA) is 108 Å². The van der Waals surface area contributed by atoms with Crippen LogP contribution in [0.25, 0.3) is 0 Å². The largest absolute Gasteiger partial charge is 0.477 e. The van der Waals surface area contributed by atoms with Gasteiger partial charge in [0.25, 0.3) is 6.29 Å². The van der Waals surface area contributed by atoms with Gasteiger partial charge >= 0.3 is 17.9 Å². The summed E-state index contributed by atoms with van der Waals surface area (Å²) in [6.07, 6.45) is 87.0. The van der Waals surface area contributed by atoms with Gasteiger partial charge in [-0.15, -0.1) is 0 Å². The molecule has 9 nitrogen and oxygen atoms in total. The highest BCUT2D eigenvalue weighted by atomic mass is 16.7. The summed E-state index contributed by atoms with van der Waals surface area (Å²) < 4.78 is 22.9.